The summed E-state index contributed by atoms with van der Waals surface area (Å²) in [5, 5.41) is 8.33. The van der Waals surface area contributed by atoms with Gasteiger partial charge in [-0.25, -0.2) is 13.1 Å². The maximum atomic E-state index is 12.1. The first kappa shape index (κ1) is 20.2. The topological polar surface area (TPSA) is 91.8 Å². The van der Waals surface area contributed by atoms with Gasteiger partial charge >= 0.3 is 0 Å². The number of hydrogen-bond donors (Lipinski definition) is 3. The number of hydrogen-bond acceptors (Lipinski definition) is 5. The zero-order chi connectivity index (χ0) is 18.1. The lowest BCUT2D eigenvalue weighted by Crippen LogP contribution is -2.43. The van der Waals surface area contributed by atoms with E-state index in [-0.39, 0.29) is 24.4 Å². The molecule has 0 saturated carbocycles. The highest BCUT2D eigenvalue weighted by molar-refractivity contribution is 7.89. The minimum absolute atomic E-state index is 0.00226. The molecule has 1 aliphatic rings. The summed E-state index contributed by atoms with van der Waals surface area (Å²) in [4.78, 5) is 5.34. The van der Waals surface area contributed by atoms with Gasteiger partial charge in [-0.15, -0.1) is 11.3 Å². The van der Waals surface area contributed by atoms with Crippen molar-refractivity contribution in [2.24, 2.45) is 4.99 Å². The quantitative estimate of drug-likeness (QED) is 0.463. The van der Waals surface area contributed by atoms with Gasteiger partial charge in [0.2, 0.25) is 10.0 Å². The molecule has 0 amide bonds. The van der Waals surface area contributed by atoms with Crippen molar-refractivity contribution in [2.45, 2.75) is 38.3 Å². The summed E-state index contributed by atoms with van der Waals surface area (Å²) in [6.07, 6.45) is 3.07. The standard InChI is InChI=1S/C16H28N4O3S2/c1-13(15-7-5-10-24-15)20-16(17-2)18-8-11-25(21,22)19-12-14-6-3-4-9-23-14/h5,7,10,13-14,19H,3-4,6,8-9,11-12H2,1-2H3,(H2,17,18,20). The number of sulfonamides is 1. The fraction of sp³-hybridized carbons (Fsp3) is 0.688. The van der Waals surface area contributed by atoms with Gasteiger partial charge in [-0.1, -0.05) is 6.07 Å². The fourth-order valence-electron chi connectivity index (χ4n) is 2.57. The predicted molar refractivity (Wildman–Crippen MR) is 103 cm³/mol. The molecule has 1 fully saturated rings. The molecule has 0 spiro atoms. The van der Waals surface area contributed by atoms with E-state index in [0.29, 0.717) is 12.5 Å². The van der Waals surface area contributed by atoms with E-state index in [1.54, 1.807) is 18.4 Å². The van der Waals surface area contributed by atoms with Crippen LogP contribution in [0.5, 0.6) is 0 Å². The lowest BCUT2D eigenvalue weighted by molar-refractivity contribution is 0.0200. The van der Waals surface area contributed by atoms with Crippen LogP contribution in [0.15, 0.2) is 22.5 Å². The number of aliphatic imine (C=N–C) groups is 1. The minimum atomic E-state index is -3.33. The van der Waals surface area contributed by atoms with Gasteiger partial charge in [-0.2, -0.15) is 0 Å². The van der Waals surface area contributed by atoms with Crippen LogP contribution in [0.3, 0.4) is 0 Å². The maximum Gasteiger partial charge on any atom is 0.213 e. The summed E-state index contributed by atoms with van der Waals surface area (Å²) in [5.41, 5.74) is 0. The summed E-state index contributed by atoms with van der Waals surface area (Å²) in [6, 6.07) is 4.17. The number of ether oxygens (including phenoxy) is 1. The van der Waals surface area contributed by atoms with Gasteiger partial charge in [-0.05, 0) is 37.6 Å². The van der Waals surface area contributed by atoms with Gasteiger partial charge in [-0.3, -0.25) is 4.99 Å². The van der Waals surface area contributed by atoms with Crippen molar-refractivity contribution in [3.63, 3.8) is 0 Å². The van der Waals surface area contributed by atoms with E-state index in [2.05, 4.69) is 26.4 Å². The Hall–Kier alpha value is -1.16. The second-order valence-electron chi connectivity index (χ2n) is 6.04. The molecule has 2 rings (SSSR count). The molecule has 7 nitrogen and oxygen atoms in total. The van der Waals surface area contributed by atoms with Gasteiger partial charge in [0.1, 0.15) is 0 Å². The normalized spacial score (nSPS) is 20.2. The molecule has 1 aliphatic heterocycles. The number of thiophene rings is 1. The first-order valence-electron chi connectivity index (χ1n) is 8.59. The Kier molecular flexibility index (Phi) is 8.14. The molecule has 2 atom stereocenters. The van der Waals surface area contributed by atoms with Crippen molar-refractivity contribution in [2.75, 3.05) is 32.5 Å². The average Bonchev–Trinajstić information content (AvgIpc) is 3.15. The monoisotopic (exact) mass is 388 g/mol. The van der Waals surface area contributed by atoms with Crippen molar-refractivity contribution in [3.05, 3.63) is 22.4 Å². The molecule has 2 unspecified atom stereocenters. The van der Waals surface area contributed by atoms with Crippen LogP contribution in [0, 0.1) is 0 Å². The molecule has 1 aromatic rings. The summed E-state index contributed by atoms with van der Waals surface area (Å²) >= 11 is 1.67. The number of nitrogens with one attached hydrogen (secondary N) is 3. The molecule has 0 aromatic carbocycles. The molecule has 0 radical (unpaired) electrons. The summed E-state index contributed by atoms with van der Waals surface area (Å²) < 4.78 is 32.3. The average molecular weight is 389 g/mol. The van der Waals surface area contributed by atoms with Crippen LogP contribution < -0.4 is 15.4 Å². The van der Waals surface area contributed by atoms with Crippen molar-refractivity contribution in [3.8, 4) is 0 Å². The molecular formula is C16H28N4O3S2. The Bertz CT molecular complexity index is 626. The van der Waals surface area contributed by atoms with Crippen molar-refractivity contribution >= 4 is 27.3 Å². The number of rotatable bonds is 8. The minimum Gasteiger partial charge on any atom is -0.377 e. The highest BCUT2D eigenvalue weighted by atomic mass is 32.2. The lowest BCUT2D eigenvalue weighted by Gasteiger charge is -2.22. The molecule has 25 heavy (non-hydrogen) atoms. The molecule has 1 saturated heterocycles. The van der Waals surface area contributed by atoms with E-state index in [0.717, 1.165) is 25.9 Å². The highest BCUT2D eigenvalue weighted by Gasteiger charge is 2.17. The predicted octanol–water partition coefficient (Wildman–Crippen LogP) is 1.46. The van der Waals surface area contributed by atoms with Crippen molar-refractivity contribution in [1.82, 2.24) is 15.4 Å². The van der Waals surface area contributed by atoms with E-state index in [4.69, 9.17) is 4.74 Å². The van der Waals surface area contributed by atoms with Crippen LogP contribution in [0.4, 0.5) is 0 Å². The van der Waals surface area contributed by atoms with E-state index >= 15 is 0 Å². The van der Waals surface area contributed by atoms with Crippen LogP contribution in [0.1, 0.15) is 37.1 Å². The van der Waals surface area contributed by atoms with Crippen molar-refractivity contribution < 1.29 is 13.2 Å². The smallest absolute Gasteiger partial charge is 0.213 e. The molecule has 2 heterocycles. The Morgan fingerprint density at radius 3 is 2.96 bits per heavy atom. The van der Waals surface area contributed by atoms with Crippen molar-refractivity contribution in [1.29, 1.82) is 0 Å². The van der Waals surface area contributed by atoms with Gasteiger partial charge in [0.25, 0.3) is 0 Å². The molecular weight excluding hydrogens is 360 g/mol. The van der Waals surface area contributed by atoms with E-state index in [1.165, 1.54) is 4.88 Å². The van der Waals surface area contributed by atoms with Crippen LogP contribution in [-0.4, -0.2) is 53.0 Å². The molecule has 0 aliphatic carbocycles. The number of guanidine groups is 1. The van der Waals surface area contributed by atoms with E-state index in [9.17, 15) is 8.42 Å². The molecule has 0 bridgehead atoms. The largest absolute Gasteiger partial charge is 0.377 e. The van der Waals surface area contributed by atoms with Crippen LogP contribution >= 0.6 is 11.3 Å². The molecule has 3 N–H and O–H groups in total. The first-order valence-corrected chi connectivity index (χ1v) is 11.1. The Morgan fingerprint density at radius 2 is 2.32 bits per heavy atom. The second kappa shape index (κ2) is 10.1. The molecule has 1 aromatic heterocycles. The second-order valence-corrected chi connectivity index (χ2v) is 8.94. The third-order valence-corrected chi connectivity index (χ3v) is 6.42. The molecule has 9 heteroatoms. The molecule has 142 valence electrons. The third-order valence-electron chi connectivity index (χ3n) is 4.01. The maximum absolute atomic E-state index is 12.1. The summed E-state index contributed by atoms with van der Waals surface area (Å²) in [5.74, 6) is 0.583. The van der Waals surface area contributed by atoms with Gasteiger partial charge in [0.15, 0.2) is 5.96 Å². The summed E-state index contributed by atoms with van der Waals surface area (Å²) in [6.45, 7) is 3.40. The Labute approximate surface area is 154 Å². The van der Waals surface area contributed by atoms with Gasteiger partial charge < -0.3 is 15.4 Å². The third kappa shape index (κ3) is 7.31. The number of nitrogens with zero attached hydrogens (tertiary/aromatic N) is 1. The first-order chi connectivity index (χ1) is 12.0. The van der Waals surface area contributed by atoms with Crippen LogP contribution in [-0.2, 0) is 14.8 Å². The van der Waals surface area contributed by atoms with Gasteiger partial charge in [0.05, 0.1) is 17.9 Å². The summed E-state index contributed by atoms with van der Waals surface area (Å²) in [7, 11) is -1.66. The Morgan fingerprint density at radius 1 is 1.48 bits per heavy atom. The van der Waals surface area contributed by atoms with Gasteiger partial charge in [0, 0.05) is 31.6 Å². The van der Waals surface area contributed by atoms with E-state index in [1.807, 2.05) is 18.4 Å². The van der Waals surface area contributed by atoms with E-state index < -0.39 is 10.0 Å². The Balaban J connectivity index is 1.69. The lowest BCUT2D eigenvalue weighted by atomic mass is 10.1. The van der Waals surface area contributed by atoms with Crippen LogP contribution in [0.2, 0.25) is 0 Å². The zero-order valence-corrected chi connectivity index (χ0v) is 16.5. The fourth-order valence-corrected chi connectivity index (χ4v) is 4.26. The van der Waals surface area contributed by atoms with Crippen LogP contribution in [0.25, 0.3) is 0 Å². The highest BCUT2D eigenvalue weighted by Crippen LogP contribution is 2.17. The zero-order valence-electron chi connectivity index (χ0n) is 14.8. The SMILES string of the molecule is CN=C(NCCS(=O)(=O)NCC1CCCCO1)NC(C)c1cccs1.